The van der Waals surface area contributed by atoms with Crippen LogP contribution in [0.3, 0.4) is 0 Å². The third-order valence-corrected chi connectivity index (χ3v) is 6.71. The summed E-state index contributed by atoms with van der Waals surface area (Å²) >= 11 is 3.32. The van der Waals surface area contributed by atoms with Gasteiger partial charge in [0.1, 0.15) is 12.6 Å². The van der Waals surface area contributed by atoms with E-state index in [1.54, 1.807) is 18.2 Å². The molecule has 1 heterocycles. The molecule has 186 valence electrons. The smallest absolute Gasteiger partial charge is 0.418 e. The number of hydrogen-bond acceptors (Lipinski definition) is 4. The van der Waals surface area contributed by atoms with Crippen molar-refractivity contribution in [1.82, 2.24) is 9.80 Å². The lowest BCUT2D eigenvalue weighted by atomic mass is 9.95. The van der Waals surface area contributed by atoms with Crippen LogP contribution >= 0.6 is 15.9 Å². The molecule has 0 aromatic heterocycles. The molecular weight excluding hydrogens is 543 g/mol. The number of alkyl halides is 3. The summed E-state index contributed by atoms with van der Waals surface area (Å²) in [5.74, 6) is -4.54. The van der Waals surface area contributed by atoms with E-state index in [0.717, 1.165) is 22.2 Å². The van der Waals surface area contributed by atoms with Gasteiger partial charge in [-0.05, 0) is 48.7 Å². The minimum atomic E-state index is -4.86. The van der Waals surface area contributed by atoms with Crippen LogP contribution in [0.4, 0.5) is 26.7 Å². The number of nitrogens with zero attached hydrogens (tertiary/aromatic N) is 2. The van der Waals surface area contributed by atoms with Gasteiger partial charge in [0.2, 0.25) is 11.5 Å². The van der Waals surface area contributed by atoms with Gasteiger partial charge in [0.05, 0.1) is 0 Å². The van der Waals surface area contributed by atoms with Gasteiger partial charge < -0.3 is 9.64 Å². The van der Waals surface area contributed by atoms with Crippen LogP contribution in [-0.4, -0.2) is 46.5 Å². The summed E-state index contributed by atoms with van der Waals surface area (Å²) < 4.78 is 73.5. The molecule has 4 rings (SSSR count). The van der Waals surface area contributed by atoms with E-state index >= 15 is 0 Å². The highest BCUT2D eigenvalue weighted by atomic mass is 79.9. The van der Waals surface area contributed by atoms with Gasteiger partial charge in [0, 0.05) is 23.0 Å². The van der Waals surface area contributed by atoms with E-state index in [9.17, 15) is 36.3 Å². The van der Waals surface area contributed by atoms with Crippen LogP contribution in [-0.2, 0) is 32.9 Å². The highest BCUT2D eigenvalue weighted by Gasteiger charge is 2.58. The molecule has 0 radical (unpaired) electrons. The molecule has 35 heavy (non-hydrogen) atoms. The molecule has 3 amide bonds. The molecule has 2 aliphatic rings. The van der Waals surface area contributed by atoms with Crippen molar-refractivity contribution < 1.29 is 41.1 Å². The van der Waals surface area contributed by atoms with Gasteiger partial charge in [-0.3, -0.25) is 9.59 Å². The lowest BCUT2D eigenvalue weighted by Gasteiger charge is -2.31. The maximum Gasteiger partial charge on any atom is 0.418 e. The molecule has 6 nitrogen and oxygen atoms in total. The quantitative estimate of drug-likeness (QED) is 0.491. The van der Waals surface area contributed by atoms with Crippen molar-refractivity contribution >= 4 is 33.8 Å². The Bertz CT molecular complexity index is 1220. The average Bonchev–Trinajstić information content (AvgIpc) is 3.25. The summed E-state index contributed by atoms with van der Waals surface area (Å²) in [5.41, 5.74) is -0.528. The number of carbonyl (C=O) groups is 3. The second-order valence-corrected chi connectivity index (χ2v) is 9.29. The number of rotatable bonds is 5. The van der Waals surface area contributed by atoms with E-state index in [2.05, 4.69) is 15.9 Å². The number of amides is 3. The van der Waals surface area contributed by atoms with Crippen molar-refractivity contribution in [2.45, 2.75) is 44.1 Å². The van der Waals surface area contributed by atoms with Gasteiger partial charge in [-0.1, -0.05) is 28.1 Å². The topological polar surface area (TPSA) is 66.9 Å². The van der Waals surface area contributed by atoms with Crippen LogP contribution in [0.1, 0.15) is 30.0 Å². The number of hydrogen-bond donors (Lipinski definition) is 0. The van der Waals surface area contributed by atoms with Crippen molar-refractivity contribution in [3.8, 4) is 0 Å². The SMILES string of the molecule is C[C@H](N(Cc1ccc(F)c(F)c1)C(=O)CN1C(=O)OC2(CCc3cc(Br)ccc32)C1=O)C(F)(F)F. The van der Waals surface area contributed by atoms with Crippen LogP contribution in [0, 0.1) is 11.6 Å². The predicted molar refractivity (Wildman–Crippen MR) is 115 cm³/mol. The number of benzene rings is 2. The standard InChI is InChI=1S/C23H18BrF5N2O4/c1-12(23(27,28)29)30(10-13-2-5-17(25)18(26)8-13)19(32)11-31-20(33)22(35-21(31)34)7-6-14-9-15(24)3-4-16(14)22/h2-5,8-9,12H,6-7,10-11H2,1H3/t12-,22?/m0/s1. The zero-order valence-electron chi connectivity index (χ0n) is 18.2. The molecule has 1 fully saturated rings. The van der Waals surface area contributed by atoms with Crippen LogP contribution in [0.2, 0.25) is 0 Å². The third-order valence-electron chi connectivity index (χ3n) is 6.21. The molecule has 12 heteroatoms. The summed E-state index contributed by atoms with van der Waals surface area (Å²) in [5, 5.41) is 0. The molecule has 1 spiro atoms. The van der Waals surface area contributed by atoms with Crippen LogP contribution < -0.4 is 0 Å². The Hall–Kier alpha value is -3.02. The fourth-order valence-corrected chi connectivity index (χ4v) is 4.71. The molecule has 0 bridgehead atoms. The Morgan fingerprint density at radius 2 is 1.89 bits per heavy atom. The summed E-state index contributed by atoms with van der Waals surface area (Å²) in [6.07, 6.45) is -5.45. The van der Waals surface area contributed by atoms with Crippen molar-refractivity contribution in [2.75, 3.05) is 6.54 Å². The lowest BCUT2D eigenvalue weighted by Crippen LogP contribution is -2.51. The number of halogens is 6. The first-order chi connectivity index (χ1) is 16.3. The zero-order valence-corrected chi connectivity index (χ0v) is 19.8. The average molecular weight is 561 g/mol. The van der Waals surface area contributed by atoms with Gasteiger partial charge in [0.15, 0.2) is 11.6 Å². The van der Waals surface area contributed by atoms with Crippen LogP contribution in [0.5, 0.6) is 0 Å². The molecule has 1 saturated heterocycles. The normalized spacial score (nSPS) is 20.3. The highest BCUT2D eigenvalue weighted by molar-refractivity contribution is 9.10. The first kappa shape index (κ1) is 25.1. The Morgan fingerprint density at radius 1 is 1.17 bits per heavy atom. The predicted octanol–water partition coefficient (Wildman–Crippen LogP) is 4.83. The third kappa shape index (κ3) is 4.51. The van der Waals surface area contributed by atoms with Gasteiger partial charge in [-0.25, -0.2) is 18.5 Å². The Balaban J connectivity index is 1.60. The van der Waals surface area contributed by atoms with Crippen LogP contribution in [0.15, 0.2) is 40.9 Å². The number of imide groups is 1. The fraction of sp³-hybridized carbons (Fsp3) is 0.348. The molecule has 2 aromatic carbocycles. The second kappa shape index (κ2) is 8.89. The zero-order chi connectivity index (χ0) is 25.7. The van der Waals surface area contributed by atoms with Gasteiger partial charge in [0.25, 0.3) is 5.91 Å². The summed E-state index contributed by atoms with van der Waals surface area (Å²) in [6.45, 7) is -1.01. The lowest BCUT2D eigenvalue weighted by molar-refractivity contribution is -0.187. The van der Waals surface area contributed by atoms with E-state index in [1.807, 2.05) is 0 Å². The molecule has 0 N–H and O–H groups in total. The molecule has 2 aromatic rings. The maximum atomic E-state index is 13.6. The molecule has 1 aliphatic carbocycles. The number of carbonyl (C=O) groups excluding carboxylic acids is 3. The fourth-order valence-electron chi connectivity index (χ4n) is 4.30. The minimum Gasteiger partial charge on any atom is -0.427 e. The van der Waals surface area contributed by atoms with Crippen molar-refractivity contribution in [3.05, 3.63) is 69.2 Å². The summed E-state index contributed by atoms with van der Waals surface area (Å²) in [7, 11) is 0. The largest absolute Gasteiger partial charge is 0.427 e. The molecule has 2 atom stereocenters. The van der Waals surface area contributed by atoms with E-state index < -0.39 is 60.5 Å². The van der Waals surface area contributed by atoms with E-state index in [-0.39, 0.29) is 12.0 Å². The summed E-state index contributed by atoms with van der Waals surface area (Å²) in [6, 6.07) is 5.16. The highest BCUT2D eigenvalue weighted by Crippen LogP contribution is 2.46. The molecule has 1 unspecified atom stereocenters. The second-order valence-electron chi connectivity index (χ2n) is 8.38. The van der Waals surface area contributed by atoms with Crippen molar-refractivity contribution in [1.29, 1.82) is 0 Å². The van der Waals surface area contributed by atoms with Gasteiger partial charge in [-0.2, -0.15) is 13.2 Å². The number of aryl methyl sites for hydroxylation is 1. The summed E-state index contributed by atoms with van der Waals surface area (Å²) in [4.78, 5) is 39.6. The first-order valence-corrected chi connectivity index (χ1v) is 11.3. The van der Waals surface area contributed by atoms with Gasteiger partial charge >= 0.3 is 12.3 Å². The van der Waals surface area contributed by atoms with Crippen molar-refractivity contribution in [2.24, 2.45) is 0 Å². The minimum absolute atomic E-state index is 0.101. The Morgan fingerprint density at radius 3 is 2.54 bits per heavy atom. The van der Waals surface area contributed by atoms with E-state index in [0.29, 0.717) is 34.8 Å². The maximum absolute atomic E-state index is 13.6. The first-order valence-electron chi connectivity index (χ1n) is 10.5. The van der Waals surface area contributed by atoms with Gasteiger partial charge in [-0.15, -0.1) is 0 Å². The molecule has 1 aliphatic heterocycles. The number of fused-ring (bicyclic) bond motifs is 2. The Labute approximate surface area is 204 Å². The van der Waals surface area contributed by atoms with E-state index in [1.165, 1.54) is 0 Å². The van der Waals surface area contributed by atoms with Crippen molar-refractivity contribution in [3.63, 3.8) is 0 Å². The van der Waals surface area contributed by atoms with E-state index in [4.69, 9.17) is 4.74 Å². The molecular formula is C23H18BrF5N2O4. The van der Waals surface area contributed by atoms with Crippen LogP contribution in [0.25, 0.3) is 0 Å². The molecule has 0 saturated carbocycles. The number of ether oxygens (including phenoxy) is 1. The monoisotopic (exact) mass is 560 g/mol. The Kier molecular flexibility index (Phi) is 6.37.